The lowest BCUT2D eigenvalue weighted by atomic mass is 10.0. The van der Waals surface area contributed by atoms with E-state index in [4.69, 9.17) is 11.6 Å². The second kappa shape index (κ2) is 8.00. The van der Waals surface area contributed by atoms with E-state index in [-0.39, 0.29) is 10.8 Å². The molecule has 3 rings (SSSR count). The summed E-state index contributed by atoms with van der Waals surface area (Å²) in [5, 5.41) is 3.32. The fraction of sp³-hybridized carbons (Fsp3) is 0.350. The predicted octanol–water partition coefficient (Wildman–Crippen LogP) is 4.32. The van der Waals surface area contributed by atoms with Gasteiger partial charge in [-0.15, -0.1) is 0 Å². The van der Waals surface area contributed by atoms with E-state index in [1.165, 1.54) is 16.4 Å². The minimum absolute atomic E-state index is 0.146. The van der Waals surface area contributed by atoms with E-state index in [1.807, 2.05) is 13.0 Å². The van der Waals surface area contributed by atoms with Gasteiger partial charge in [-0.2, -0.15) is 4.31 Å². The molecule has 0 atom stereocenters. The van der Waals surface area contributed by atoms with Crippen LogP contribution in [0.15, 0.2) is 47.4 Å². The first-order valence-corrected chi connectivity index (χ1v) is 10.8. The Morgan fingerprint density at radius 3 is 2.56 bits per heavy atom. The summed E-state index contributed by atoms with van der Waals surface area (Å²) < 4.78 is 27.3. The molecule has 2 aromatic carbocycles. The quantitative estimate of drug-likeness (QED) is 0.822. The first-order valence-electron chi connectivity index (χ1n) is 8.95. The van der Waals surface area contributed by atoms with Crippen LogP contribution in [0.25, 0.3) is 0 Å². The molecule has 144 valence electrons. The number of piperidine rings is 1. The number of nitrogens with zero attached hydrogens (tertiary/aromatic N) is 1. The fourth-order valence-corrected chi connectivity index (χ4v) is 4.78. The van der Waals surface area contributed by atoms with Gasteiger partial charge in [-0.1, -0.05) is 30.7 Å². The van der Waals surface area contributed by atoms with Crippen molar-refractivity contribution in [2.45, 2.75) is 31.6 Å². The van der Waals surface area contributed by atoms with Crippen LogP contribution in [0.2, 0.25) is 5.02 Å². The van der Waals surface area contributed by atoms with Crippen molar-refractivity contribution in [2.24, 2.45) is 5.92 Å². The zero-order valence-electron chi connectivity index (χ0n) is 15.4. The van der Waals surface area contributed by atoms with Crippen molar-refractivity contribution in [3.8, 4) is 0 Å². The highest BCUT2D eigenvalue weighted by molar-refractivity contribution is 7.89. The van der Waals surface area contributed by atoms with Gasteiger partial charge < -0.3 is 5.32 Å². The monoisotopic (exact) mass is 406 g/mol. The number of aryl methyl sites for hydroxylation is 1. The summed E-state index contributed by atoms with van der Waals surface area (Å²) in [4.78, 5) is 12.8. The minimum Gasteiger partial charge on any atom is -0.322 e. The Bertz CT molecular complexity index is 951. The van der Waals surface area contributed by atoms with E-state index in [0.29, 0.717) is 35.3 Å². The van der Waals surface area contributed by atoms with Gasteiger partial charge in [0.25, 0.3) is 5.91 Å². The van der Waals surface area contributed by atoms with Crippen molar-refractivity contribution in [3.63, 3.8) is 0 Å². The topological polar surface area (TPSA) is 66.5 Å². The Hall–Kier alpha value is -1.89. The van der Waals surface area contributed by atoms with Crippen molar-refractivity contribution < 1.29 is 13.2 Å². The Kier molecular flexibility index (Phi) is 5.89. The van der Waals surface area contributed by atoms with Gasteiger partial charge in [-0.05, 0) is 61.6 Å². The molecular formula is C20H23ClN2O3S. The van der Waals surface area contributed by atoms with Crippen molar-refractivity contribution in [2.75, 3.05) is 18.4 Å². The van der Waals surface area contributed by atoms with Gasteiger partial charge in [-0.25, -0.2) is 8.42 Å². The molecule has 1 amide bonds. The van der Waals surface area contributed by atoms with Gasteiger partial charge in [0.1, 0.15) is 0 Å². The molecule has 0 radical (unpaired) electrons. The van der Waals surface area contributed by atoms with Crippen molar-refractivity contribution in [1.29, 1.82) is 0 Å². The average Bonchev–Trinajstić information content (AvgIpc) is 2.65. The van der Waals surface area contributed by atoms with Gasteiger partial charge in [0, 0.05) is 29.4 Å². The molecule has 0 unspecified atom stereocenters. The van der Waals surface area contributed by atoms with Crippen LogP contribution in [0.3, 0.4) is 0 Å². The molecule has 0 aromatic heterocycles. The van der Waals surface area contributed by atoms with Crippen LogP contribution in [0, 0.1) is 12.8 Å². The van der Waals surface area contributed by atoms with Crippen LogP contribution in [0.4, 0.5) is 5.69 Å². The summed E-state index contributed by atoms with van der Waals surface area (Å²) in [6.07, 6.45) is 1.71. The second-order valence-electron chi connectivity index (χ2n) is 7.03. The highest BCUT2D eigenvalue weighted by atomic mass is 35.5. The number of carbonyl (C=O) groups is 1. The second-order valence-corrected chi connectivity index (χ2v) is 9.40. The van der Waals surface area contributed by atoms with E-state index in [2.05, 4.69) is 12.2 Å². The van der Waals surface area contributed by atoms with Crippen molar-refractivity contribution in [3.05, 3.63) is 58.6 Å². The predicted molar refractivity (Wildman–Crippen MR) is 108 cm³/mol. The molecule has 1 N–H and O–H groups in total. The minimum atomic E-state index is -3.60. The lowest BCUT2D eigenvalue weighted by Gasteiger charge is -2.29. The molecule has 5 nitrogen and oxygen atoms in total. The molecule has 0 aliphatic carbocycles. The zero-order valence-corrected chi connectivity index (χ0v) is 17.0. The largest absolute Gasteiger partial charge is 0.322 e. The van der Waals surface area contributed by atoms with Gasteiger partial charge in [0.2, 0.25) is 10.0 Å². The van der Waals surface area contributed by atoms with Gasteiger partial charge >= 0.3 is 0 Å². The van der Waals surface area contributed by atoms with Crippen LogP contribution >= 0.6 is 11.6 Å². The number of hydrogen-bond donors (Lipinski definition) is 1. The molecule has 0 spiro atoms. The molecule has 1 heterocycles. The smallest absolute Gasteiger partial charge is 0.255 e. The van der Waals surface area contributed by atoms with E-state index in [9.17, 15) is 13.2 Å². The summed E-state index contributed by atoms with van der Waals surface area (Å²) in [5.74, 6) is 0.166. The normalized spacial score (nSPS) is 16.3. The van der Waals surface area contributed by atoms with Crippen LogP contribution in [-0.2, 0) is 10.0 Å². The Balaban J connectivity index is 1.82. The number of hydrogen-bond acceptors (Lipinski definition) is 3. The van der Waals surface area contributed by atoms with E-state index in [1.54, 1.807) is 24.3 Å². The Morgan fingerprint density at radius 2 is 1.85 bits per heavy atom. The van der Waals surface area contributed by atoms with E-state index in [0.717, 1.165) is 18.4 Å². The number of carbonyl (C=O) groups excluding carboxylic acids is 1. The van der Waals surface area contributed by atoms with Gasteiger partial charge in [0.05, 0.1) is 4.90 Å². The third-order valence-corrected chi connectivity index (χ3v) is 7.05. The van der Waals surface area contributed by atoms with E-state index < -0.39 is 10.0 Å². The fourth-order valence-electron chi connectivity index (χ4n) is 3.10. The molecule has 1 saturated heterocycles. The lowest BCUT2D eigenvalue weighted by Crippen LogP contribution is -2.37. The number of nitrogens with one attached hydrogen (secondary N) is 1. The molecule has 1 aliphatic heterocycles. The molecule has 27 heavy (non-hydrogen) atoms. The Morgan fingerprint density at radius 1 is 1.15 bits per heavy atom. The first-order chi connectivity index (χ1) is 12.8. The number of benzene rings is 2. The van der Waals surface area contributed by atoms with Crippen LogP contribution < -0.4 is 5.32 Å². The third kappa shape index (κ3) is 4.51. The van der Waals surface area contributed by atoms with Crippen LogP contribution in [0.1, 0.15) is 35.7 Å². The highest BCUT2D eigenvalue weighted by Crippen LogP contribution is 2.25. The SMILES string of the molecule is Cc1ccc(Cl)cc1NC(=O)c1cccc(S(=O)(=O)N2CCC(C)CC2)c1. The van der Waals surface area contributed by atoms with Crippen molar-refractivity contribution in [1.82, 2.24) is 4.31 Å². The number of halogens is 1. The molecule has 1 aliphatic rings. The molecule has 2 aromatic rings. The first kappa shape index (κ1) is 19.9. The number of anilines is 1. The van der Waals surface area contributed by atoms with Gasteiger partial charge in [-0.3, -0.25) is 4.79 Å². The van der Waals surface area contributed by atoms with Crippen LogP contribution in [0.5, 0.6) is 0 Å². The number of sulfonamides is 1. The Labute approximate surface area is 165 Å². The maximum atomic E-state index is 12.9. The summed E-state index contributed by atoms with van der Waals surface area (Å²) in [7, 11) is -3.60. The third-order valence-electron chi connectivity index (χ3n) is 4.92. The average molecular weight is 407 g/mol. The summed E-state index contributed by atoms with van der Waals surface area (Å²) >= 11 is 5.99. The zero-order chi connectivity index (χ0) is 19.6. The van der Waals surface area contributed by atoms with E-state index >= 15 is 0 Å². The highest BCUT2D eigenvalue weighted by Gasteiger charge is 2.28. The standard InChI is InChI=1S/C20H23ClN2O3S/c1-14-8-10-23(11-9-14)27(25,26)18-5-3-4-16(12-18)20(24)22-19-13-17(21)7-6-15(19)2/h3-7,12-14H,8-11H2,1-2H3,(H,22,24). The van der Waals surface area contributed by atoms with Gasteiger partial charge in [0.15, 0.2) is 0 Å². The number of amides is 1. The lowest BCUT2D eigenvalue weighted by molar-refractivity contribution is 0.102. The maximum Gasteiger partial charge on any atom is 0.255 e. The summed E-state index contributed by atoms with van der Waals surface area (Å²) in [6.45, 7) is 5.03. The molecular weight excluding hydrogens is 384 g/mol. The maximum absolute atomic E-state index is 12.9. The van der Waals surface area contributed by atoms with Crippen molar-refractivity contribution >= 4 is 33.2 Å². The molecule has 0 bridgehead atoms. The molecule has 0 saturated carbocycles. The number of rotatable bonds is 4. The summed E-state index contributed by atoms with van der Waals surface area (Å²) in [5.41, 5.74) is 1.77. The molecule has 7 heteroatoms. The van der Waals surface area contributed by atoms with Crippen LogP contribution in [-0.4, -0.2) is 31.7 Å². The summed E-state index contributed by atoms with van der Waals surface area (Å²) in [6, 6.07) is 11.4. The molecule has 1 fully saturated rings.